The maximum Gasteiger partial charge on any atom is 0.112 e. The van der Waals surface area contributed by atoms with Crippen LogP contribution >= 0.6 is 0 Å². The molecule has 106 valence electrons. The first-order chi connectivity index (χ1) is 9.04. The second-order valence-electron chi connectivity index (χ2n) is 6.49. The summed E-state index contributed by atoms with van der Waals surface area (Å²) in [5, 5.41) is 3.38. The molecule has 1 heterocycles. The second kappa shape index (κ2) is 6.51. The molecule has 0 radical (unpaired) electrons. The molecule has 1 aromatic carbocycles. The van der Waals surface area contributed by atoms with Crippen LogP contribution in [0, 0.1) is 5.41 Å². The molecular weight excluding hydrogens is 236 g/mol. The standard InChI is InChI=1S/C16H26N2O/c1-16(2,3)11-15(18-10-9-17-13-18)19-12-14-7-5-4-6-8-14/h4-8,15,17H,9-13H2,1-3H3/t15-/m0/s1. The molecule has 2 rings (SSSR count). The largest absolute Gasteiger partial charge is 0.358 e. The van der Waals surface area contributed by atoms with Crippen molar-refractivity contribution < 1.29 is 4.74 Å². The first kappa shape index (κ1) is 14.5. The third-order valence-electron chi connectivity index (χ3n) is 3.37. The molecule has 3 heteroatoms. The van der Waals surface area contributed by atoms with E-state index in [2.05, 4.69) is 55.3 Å². The zero-order valence-corrected chi connectivity index (χ0v) is 12.4. The van der Waals surface area contributed by atoms with Crippen LogP contribution in [0.4, 0.5) is 0 Å². The summed E-state index contributed by atoms with van der Waals surface area (Å²) in [5.41, 5.74) is 1.53. The van der Waals surface area contributed by atoms with Gasteiger partial charge in [0.1, 0.15) is 6.23 Å². The van der Waals surface area contributed by atoms with Gasteiger partial charge >= 0.3 is 0 Å². The van der Waals surface area contributed by atoms with Crippen LogP contribution in [0.1, 0.15) is 32.8 Å². The van der Waals surface area contributed by atoms with Crippen molar-refractivity contribution in [3.63, 3.8) is 0 Å². The summed E-state index contributed by atoms with van der Waals surface area (Å²) >= 11 is 0. The van der Waals surface area contributed by atoms with Crippen LogP contribution in [0.15, 0.2) is 30.3 Å². The highest BCUT2D eigenvalue weighted by Crippen LogP contribution is 2.25. The summed E-state index contributed by atoms with van der Waals surface area (Å²) in [6.07, 6.45) is 1.26. The van der Waals surface area contributed by atoms with Gasteiger partial charge in [-0.2, -0.15) is 0 Å². The van der Waals surface area contributed by atoms with E-state index in [-0.39, 0.29) is 11.6 Å². The van der Waals surface area contributed by atoms with Crippen molar-refractivity contribution in [1.82, 2.24) is 10.2 Å². The van der Waals surface area contributed by atoms with Crippen molar-refractivity contribution in [2.24, 2.45) is 5.41 Å². The lowest BCUT2D eigenvalue weighted by molar-refractivity contribution is -0.0790. The molecule has 1 aromatic rings. The molecule has 19 heavy (non-hydrogen) atoms. The first-order valence-corrected chi connectivity index (χ1v) is 7.15. The van der Waals surface area contributed by atoms with E-state index in [9.17, 15) is 0 Å². The Morgan fingerprint density at radius 1 is 1.26 bits per heavy atom. The van der Waals surface area contributed by atoms with Crippen LogP contribution in [0.25, 0.3) is 0 Å². The molecular formula is C16H26N2O. The number of nitrogens with zero attached hydrogens (tertiary/aromatic N) is 1. The molecule has 1 aliphatic heterocycles. The normalized spacial score (nSPS) is 18.7. The number of nitrogens with one attached hydrogen (secondary N) is 1. The third kappa shape index (κ3) is 4.94. The van der Waals surface area contributed by atoms with Gasteiger partial charge in [-0.3, -0.25) is 4.90 Å². The lowest BCUT2D eigenvalue weighted by atomic mass is 9.91. The molecule has 1 saturated heterocycles. The van der Waals surface area contributed by atoms with E-state index in [4.69, 9.17) is 4.74 Å². The summed E-state index contributed by atoms with van der Waals surface area (Å²) < 4.78 is 6.17. The molecule has 1 fully saturated rings. The van der Waals surface area contributed by atoms with Gasteiger partial charge in [-0.05, 0) is 17.4 Å². The third-order valence-corrected chi connectivity index (χ3v) is 3.37. The van der Waals surface area contributed by atoms with Gasteiger partial charge in [-0.25, -0.2) is 0 Å². The van der Waals surface area contributed by atoms with E-state index >= 15 is 0 Å². The summed E-state index contributed by atoms with van der Waals surface area (Å²) in [5.74, 6) is 0. The molecule has 0 saturated carbocycles. The smallest absolute Gasteiger partial charge is 0.112 e. The highest BCUT2D eigenvalue weighted by Gasteiger charge is 2.26. The summed E-state index contributed by atoms with van der Waals surface area (Å²) in [7, 11) is 0. The van der Waals surface area contributed by atoms with Gasteiger partial charge < -0.3 is 10.1 Å². The average Bonchev–Trinajstić information content (AvgIpc) is 2.88. The summed E-state index contributed by atoms with van der Waals surface area (Å²) in [6.45, 7) is 10.6. The fourth-order valence-electron chi connectivity index (χ4n) is 2.35. The zero-order chi connectivity index (χ0) is 13.7. The molecule has 0 amide bonds. The predicted octanol–water partition coefficient (Wildman–Crippen LogP) is 2.83. The fourth-order valence-corrected chi connectivity index (χ4v) is 2.35. The number of hydrogen-bond acceptors (Lipinski definition) is 3. The minimum Gasteiger partial charge on any atom is -0.358 e. The second-order valence-corrected chi connectivity index (χ2v) is 6.49. The van der Waals surface area contributed by atoms with Crippen molar-refractivity contribution in [2.75, 3.05) is 19.8 Å². The Labute approximate surface area is 116 Å². The first-order valence-electron chi connectivity index (χ1n) is 7.15. The molecule has 0 bridgehead atoms. The number of rotatable bonds is 5. The summed E-state index contributed by atoms with van der Waals surface area (Å²) in [4.78, 5) is 2.40. The molecule has 1 aliphatic rings. The van der Waals surface area contributed by atoms with Crippen molar-refractivity contribution in [1.29, 1.82) is 0 Å². The van der Waals surface area contributed by atoms with Crippen LogP contribution in [-0.4, -0.2) is 30.9 Å². The quantitative estimate of drug-likeness (QED) is 0.883. The Morgan fingerprint density at radius 2 is 2.00 bits per heavy atom. The van der Waals surface area contributed by atoms with E-state index in [1.807, 2.05) is 6.07 Å². The van der Waals surface area contributed by atoms with Crippen molar-refractivity contribution in [2.45, 2.75) is 40.0 Å². The number of ether oxygens (including phenoxy) is 1. The van der Waals surface area contributed by atoms with Gasteiger partial charge in [0.2, 0.25) is 0 Å². The molecule has 0 aromatic heterocycles. The van der Waals surface area contributed by atoms with Gasteiger partial charge in [0.05, 0.1) is 13.3 Å². The number of benzene rings is 1. The predicted molar refractivity (Wildman–Crippen MR) is 78.7 cm³/mol. The molecule has 1 atom stereocenters. The van der Waals surface area contributed by atoms with Gasteiger partial charge in [0.15, 0.2) is 0 Å². The van der Waals surface area contributed by atoms with Gasteiger partial charge in [-0.15, -0.1) is 0 Å². The van der Waals surface area contributed by atoms with E-state index in [1.165, 1.54) is 5.56 Å². The van der Waals surface area contributed by atoms with Crippen LogP contribution in [0.3, 0.4) is 0 Å². The lowest BCUT2D eigenvalue weighted by Gasteiger charge is -2.32. The maximum atomic E-state index is 6.17. The van der Waals surface area contributed by atoms with Gasteiger partial charge in [0, 0.05) is 13.1 Å². The van der Waals surface area contributed by atoms with Crippen LogP contribution in [-0.2, 0) is 11.3 Å². The topological polar surface area (TPSA) is 24.5 Å². The monoisotopic (exact) mass is 262 g/mol. The Balaban J connectivity index is 1.93. The molecule has 0 unspecified atom stereocenters. The minimum atomic E-state index is 0.204. The molecule has 1 N–H and O–H groups in total. The highest BCUT2D eigenvalue weighted by atomic mass is 16.5. The fraction of sp³-hybridized carbons (Fsp3) is 0.625. The Bertz CT molecular complexity index is 366. The SMILES string of the molecule is CC(C)(C)C[C@H](OCc1ccccc1)N1CCNC1. The van der Waals surface area contributed by atoms with Gasteiger partial charge in [-0.1, -0.05) is 51.1 Å². The minimum absolute atomic E-state index is 0.204. The molecule has 0 aliphatic carbocycles. The van der Waals surface area contributed by atoms with Crippen LogP contribution < -0.4 is 5.32 Å². The van der Waals surface area contributed by atoms with E-state index < -0.39 is 0 Å². The maximum absolute atomic E-state index is 6.17. The lowest BCUT2D eigenvalue weighted by Crippen LogP contribution is -2.39. The van der Waals surface area contributed by atoms with Crippen LogP contribution in [0.5, 0.6) is 0 Å². The highest BCUT2D eigenvalue weighted by molar-refractivity contribution is 5.13. The summed E-state index contributed by atoms with van der Waals surface area (Å²) in [6, 6.07) is 10.4. The van der Waals surface area contributed by atoms with Crippen molar-refractivity contribution >= 4 is 0 Å². The molecule has 3 nitrogen and oxygen atoms in total. The van der Waals surface area contributed by atoms with Crippen LogP contribution in [0.2, 0.25) is 0 Å². The Kier molecular flexibility index (Phi) is 4.97. The van der Waals surface area contributed by atoms with Gasteiger partial charge in [0.25, 0.3) is 0 Å². The van der Waals surface area contributed by atoms with Crippen molar-refractivity contribution in [3.8, 4) is 0 Å². The Morgan fingerprint density at radius 3 is 2.58 bits per heavy atom. The van der Waals surface area contributed by atoms with E-state index in [0.717, 1.165) is 26.2 Å². The zero-order valence-electron chi connectivity index (χ0n) is 12.4. The molecule has 0 spiro atoms. The van der Waals surface area contributed by atoms with E-state index in [1.54, 1.807) is 0 Å². The number of hydrogen-bond donors (Lipinski definition) is 1. The average molecular weight is 262 g/mol. The van der Waals surface area contributed by atoms with E-state index in [0.29, 0.717) is 6.61 Å². The van der Waals surface area contributed by atoms with Crippen molar-refractivity contribution in [3.05, 3.63) is 35.9 Å². The Hall–Kier alpha value is -0.900.